The SMILES string of the molecule is C=C1OC(COP(=O)(COCCn2cnc3c(=O)[nH]c(N)nc32)OCc2ccc(OC)c(F)c2)=C(C2CCCC2)O1. The molecule has 0 radical (unpaired) electrons. The average molecular weight is 592 g/mol. The van der Waals surface area contributed by atoms with Crippen LogP contribution >= 0.6 is 7.60 Å². The minimum absolute atomic E-state index is 0.0430. The van der Waals surface area contributed by atoms with Crippen molar-refractivity contribution in [2.75, 3.05) is 32.4 Å². The van der Waals surface area contributed by atoms with Gasteiger partial charge in [0.25, 0.3) is 11.5 Å². The zero-order chi connectivity index (χ0) is 29.0. The second-order valence-electron chi connectivity index (χ2n) is 9.57. The Morgan fingerprint density at radius 3 is 2.78 bits per heavy atom. The van der Waals surface area contributed by atoms with Gasteiger partial charge in [0.2, 0.25) is 5.95 Å². The fourth-order valence-corrected chi connectivity index (χ4v) is 5.94. The zero-order valence-electron chi connectivity index (χ0n) is 22.5. The number of imidazole rings is 1. The number of nitrogen functional groups attached to an aromatic ring is 1. The van der Waals surface area contributed by atoms with Crippen LogP contribution < -0.4 is 16.0 Å². The van der Waals surface area contributed by atoms with Crippen LogP contribution in [0.15, 0.2) is 53.4 Å². The number of nitrogens with one attached hydrogen (secondary N) is 1. The number of anilines is 1. The molecule has 13 nitrogen and oxygen atoms in total. The molecule has 2 aromatic heterocycles. The Hall–Kier alpha value is -3.71. The molecule has 1 saturated carbocycles. The predicted molar refractivity (Wildman–Crippen MR) is 145 cm³/mol. The number of aromatic amines is 1. The molecule has 2 aliphatic rings. The number of allylic oxidation sites excluding steroid dienone is 1. The van der Waals surface area contributed by atoms with Crippen molar-refractivity contribution in [2.45, 2.75) is 38.8 Å². The van der Waals surface area contributed by atoms with E-state index in [1.54, 1.807) is 10.6 Å². The van der Waals surface area contributed by atoms with Gasteiger partial charge in [-0.25, -0.2) is 9.37 Å². The van der Waals surface area contributed by atoms with E-state index in [0.29, 0.717) is 17.1 Å². The normalized spacial score (nSPS) is 17.2. The Balaban J connectivity index is 1.26. The number of nitrogens with two attached hydrogens (primary N) is 1. The zero-order valence-corrected chi connectivity index (χ0v) is 23.4. The lowest BCUT2D eigenvalue weighted by molar-refractivity contribution is 0.114. The fraction of sp³-hybridized carbons (Fsp3) is 0.423. The summed E-state index contributed by atoms with van der Waals surface area (Å²) in [7, 11) is -2.55. The molecular formula is C26H31FN5O8P. The third kappa shape index (κ3) is 6.79. The summed E-state index contributed by atoms with van der Waals surface area (Å²) in [4.78, 5) is 22.6. The highest BCUT2D eigenvalue weighted by Crippen LogP contribution is 2.50. The number of hydrogen-bond donors (Lipinski definition) is 2. The van der Waals surface area contributed by atoms with E-state index in [-0.39, 0.29) is 61.1 Å². The quantitative estimate of drug-likeness (QED) is 0.217. The number of benzene rings is 1. The predicted octanol–water partition coefficient (Wildman–Crippen LogP) is 4.17. The van der Waals surface area contributed by atoms with Crippen LogP contribution in [-0.2, 0) is 41.0 Å². The highest BCUT2D eigenvalue weighted by molar-refractivity contribution is 7.53. The Labute approximate surface area is 234 Å². The maximum absolute atomic E-state index is 14.2. The van der Waals surface area contributed by atoms with Gasteiger partial charge in [-0.05, 0) is 37.1 Å². The molecule has 220 valence electrons. The van der Waals surface area contributed by atoms with Gasteiger partial charge < -0.3 is 33.8 Å². The summed E-state index contributed by atoms with van der Waals surface area (Å²) >= 11 is 0. The van der Waals surface area contributed by atoms with Gasteiger partial charge in [-0.2, -0.15) is 4.98 Å². The number of ether oxygens (including phenoxy) is 4. The maximum atomic E-state index is 14.2. The van der Waals surface area contributed by atoms with Crippen molar-refractivity contribution in [3.8, 4) is 5.75 Å². The average Bonchev–Trinajstić information content (AvgIpc) is 3.69. The third-order valence-electron chi connectivity index (χ3n) is 6.72. The van der Waals surface area contributed by atoms with Crippen molar-refractivity contribution >= 4 is 24.7 Å². The molecule has 1 unspecified atom stereocenters. The minimum Gasteiger partial charge on any atom is -0.494 e. The van der Waals surface area contributed by atoms with Crippen LogP contribution in [0.2, 0.25) is 0 Å². The molecule has 1 aromatic carbocycles. The first-order chi connectivity index (χ1) is 19.7. The second kappa shape index (κ2) is 12.4. The summed E-state index contributed by atoms with van der Waals surface area (Å²) < 4.78 is 63.0. The molecule has 1 aliphatic heterocycles. The van der Waals surface area contributed by atoms with E-state index in [2.05, 4.69) is 21.5 Å². The standard InChI is InChI=1S/C26H31FN5O8P/c1-16-39-21(23(40-16)18-5-3-4-6-18)13-38-41(34,37-12-17-7-8-20(35-2)19(27)11-17)15-36-10-9-32-14-29-22-24(32)30-26(28)31-25(22)33/h7-8,11,14,18H,1,3-6,9-10,12-13,15H2,2H3,(H3,28,30,31,33). The molecule has 3 N–H and O–H groups in total. The van der Waals surface area contributed by atoms with E-state index < -0.39 is 25.3 Å². The first-order valence-corrected chi connectivity index (χ1v) is 14.7. The highest BCUT2D eigenvalue weighted by atomic mass is 31.2. The van der Waals surface area contributed by atoms with Gasteiger partial charge in [-0.1, -0.05) is 18.9 Å². The number of rotatable bonds is 13. The van der Waals surface area contributed by atoms with Crippen LogP contribution in [0.25, 0.3) is 11.2 Å². The smallest absolute Gasteiger partial charge is 0.356 e. The van der Waals surface area contributed by atoms with Crippen molar-refractivity contribution in [1.82, 2.24) is 19.5 Å². The van der Waals surface area contributed by atoms with Crippen LogP contribution in [0.5, 0.6) is 5.75 Å². The molecule has 15 heteroatoms. The first-order valence-electron chi connectivity index (χ1n) is 13.0. The number of nitrogens with zero attached hydrogens (tertiary/aromatic N) is 3. The summed E-state index contributed by atoms with van der Waals surface area (Å²) in [5.41, 5.74) is 6.03. The number of hydrogen-bond acceptors (Lipinski definition) is 11. The van der Waals surface area contributed by atoms with Crippen LogP contribution in [0.3, 0.4) is 0 Å². The number of aromatic nitrogens is 4. The monoisotopic (exact) mass is 591 g/mol. The van der Waals surface area contributed by atoms with Crippen LogP contribution in [0.1, 0.15) is 31.2 Å². The lowest BCUT2D eigenvalue weighted by atomic mass is 10.1. The lowest BCUT2D eigenvalue weighted by Gasteiger charge is -2.19. The largest absolute Gasteiger partial charge is 0.494 e. The van der Waals surface area contributed by atoms with Crippen LogP contribution in [-0.4, -0.2) is 46.2 Å². The van der Waals surface area contributed by atoms with Gasteiger partial charge >= 0.3 is 7.60 Å². The molecule has 0 amide bonds. The highest BCUT2D eigenvalue weighted by Gasteiger charge is 2.34. The van der Waals surface area contributed by atoms with E-state index in [1.165, 1.54) is 25.6 Å². The number of H-pyrrole nitrogens is 1. The van der Waals surface area contributed by atoms with Gasteiger partial charge in [0.1, 0.15) is 13.0 Å². The minimum atomic E-state index is -3.91. The number of fused-ring (bicyclic) bond motifs is 1. The molecule has 1 fully saturated rings. The Bertz CT molecular complexity index is 1560. The van der Waals surface area contributed by atoms with Crippen molar-refractivity contribution < 1.29 is 37.0 Å². The van der Waals surface area contributed by atoms with Crippen LogP contribution in [0.4, 0.5) is 10.3 Å². The topological polar surface area (TPSA) is 162 Å². The van der Waals surface area contributed by atoms with Crippen molar-refractivity contribution in [3.05, 3.63) is 70.3 Å². The molecule has 1 atom stereocenters. The van der Waals surface area contributed by atoms with Gasteiger partial charge in [0.05, 0.1) is 26.7 Å². The third-order valence-corrected chi connectivity index (χ3v) is 8.26. The summed E-state index contributed by atoms with van der Waals surface area (Å²) in [5, 5.41) is 0. The first kappa shape index (κ1) is 28.8. The molecule has 0 spiro atoms. The second-order valence-corrected chi connectivity index (χ2v) is 11.6. The lowest BCUT2D eigenvalue weighted by Crippen LogP contribution is -2.14. The van der Waals surface area contributed by atoms with E-state index >= 15 is 0 Å². The van der Waals surface area contributed by atoms with Gasteiger partial charge in [0, 0.05) is 12.5 Å². The molecule has 41 heavy (non-hydrogen) atoms. The molecule has 3 aromatic rings. The summed E-state index contributed by atoms with van der Waals surface area (Å²) in [6.45, 7) is 3.61. The molecule has 3 heterocycles. The Morgan fingerprint density at radius 2 is 2.02 bits per heavy atom. The van der Waals surface area contributed by atoms with E-state index in [1.807, 2.05) is 0 Å². The van der Waals surface area contributed by atoms with Crippen LogP contribution in [0, 0.1) is 11.7 Å². The Kier molecular flexibility index (Phi) is 8.74. The molecule has 0 saturated heterocycles. The molecular weight excluding hydrogens is 560 g/mol. The Morgan fingerprint density at radius 1 is 1.24 bits per heavy atom. The fourth-order valence-electron chi connectivity index (χ4n) is 4.70. The summed E-state index contributed by atoms with van der Waals surface area (Å²) in [6, 6.07) is 4.27. The van der Waals surface area contributed by atoms with Gasteiger partial charge in [0.15, 0.2) is 34.2 Å². The molecule has 0 bridgehead atoms. The summed E-state index contributed by atoms with van der Waals surface area (Å²) in [5.74, 6) is 0.775. The molecule has 5 rings (SSSR count). The van der Waals surface area contributed by atoms with Crippen molar-refractivity contribution in [3.63, 3.8) is 0 Å². The van der Waals surface area contributed by atoms with E-state index in [9.17, 15) is 13.8 Å². The maximum Gasteiger partial charge on any atom is 0.356 e. The number of methoxy groups -OCH3 is 1. The van der Waals surface area contributed by atoms with Gasteiger partial charge in [-0.3, -0.25) is 18.9 Å². The van der Waals surface area contributed by atoms with Crippen molar-refractivity contribution in [2.24, 2.45) is 5.92 Å². The van der Waals surface area contributed by atoms with E-state index in [4.69, 9.17) is 33.7 Å². The van der Waals surface area contributed by atoms with Gasteiger partial charge in [-0.15, -0.1) is 0 Å². The van der Waals surface area contributed by atoms with Crippen molar-refractivity contribution in [1.29, 1.82) is 0 Å². The number of halogens is 1. The van der Waals surface area contributed by atoms with E-state index in [0.717, 1.165) is 25.7 Å². The molecule has 1 aliphatic carbocycles. The summed E-state index contributed by atoms with van der Waals surface area (Å²) in [6.07, 6.45) is 5.07.